The molecule has 2 aromatic rings. The number of rotatable bonds is 20. The summed E-state index contributed by atoms with van der Waals surface area (Å²) in [6, 6.07) is 16.7. The lowest BCUT2D eigenvalue weighted by molar-refractivity contribution is -0.168. The minimum atomic E-state index is -3.89. The van der Waals surface area contributed by atoms with Crippen molar-refractivity contribution in [2.75, 3.05) is 40.1 Å². The Bertz CT molecular complexity index is 1190. The Hall–Kier alpha value is -3.20. The predicted octanol–water partition coefficient (Wildman–Crippen LogP) is 1.95. The van der Waals surface area contributed by atoms with Gasteiger partial charge in [-0.25, -0.2) is 8.42 Å². The third-order valence-electron chi connectivity index (χ3n) is 5.91. The number of hydrogen-bond acceptors (Lipinski definition) is 9. The lowest BCUT2D eigenvalue weighted by Crippen LogP contribution is -2.54. The van der Waals surface area contributed by atoms with Crippen molar-refractivity contribution in [3.8, 4) is 0 Å². The summed E-state index contributed by atoms with van der Waals surface area (Å²) >= 11 is 0. The zero-order valence-electron chi connectivity index (χ0n) is 24.3. The number of carbonyl (C=O) groups is 3. The Morgan fingerprint density at radius 1 is 0.905 bits per heavy atom. The third-order valence-corrected chi connectivity index (χ3v) is 7.00. The molecule has 0 spiro atoms. The first kappa shape index (κ1) is 35.0. The molecule has 13 heteroatoms. The standard InChI is InChI=1S/C29H41N3O9S/c1-4-39-28(40-5-2)20-32(27(34)18-19-38-3)29(35)25(17-16-23-12-8-6-9-13-23)30-26(33)21-41-31-42(36,37)22-24-14-10-7-11-15-24/h6-15,25,28,31H,4-5,16-22H2,1-3H3,(H,30,33). The van der Waals surface area contributed by atoms with Crippen molar-refractivity contribution in [3.05, 3.63) is 71.8 Å². The van der Waals surface area contributed by atoms with Gasteiger partial charge in [-0.15, -0.1) is 0 Å². The molecule has 2 N–H and O–H groups in total. The summed E-state index contributed by atoms with van der Waals surface area (Å²) in [4.78, 5) is 47.6. The number of hydrogen-bond donors (Lipinski definition) is 2. The number of imide groups is 1. The van der Waals surface area contributed by atoms with Crippen LogP contribution in [0.1, 0.15) is 37.8 Å². The molecule has 0 aliphatic heterocycles. The van der Waals surface area contributed by atoms with Gasteiger partial charge in [-0.1, -0.05) is 65.5 Å². The number of ether oxygens (including phenoxy) is 3. The Morgan fingerprint density at radius 2 is 1.50 bits per heavy atom. The maximum Gasteiger partial charge on any atom is 0.251 e. The zero-order valence-corrected chi connectivity index (χ0v) is 25.1. The van der Waals surface area contributed by atoms with Crippen LogP contribution in [0.2, 0.25) is 0 Å². The molecule has 3 amide bonds. The molecule has 0 saturated carbocycles. The maximum atomic E-state index is 13.8. The van der Waals surface area contributed by atoms with Gasteiger partial charge in [0.25, 0.3) is 5.91 Å². The van der Waals surface area contributed by atoms with Gasteiger partial charge in [0.1, 0.15) is 12.6 Å². The summed E-state index contributed by atoms with van der Waals surface area (Å²) in [5, 5.41) is 2.60. The van der Waals surface area contributed by atoms with E-state index in [1.807, 2.05) is 35.2 Å². The monoisotopic (exact) mass is 607 g/mol. The van der Waals surface area contributed by atoms with Crippen LogP contribution < -0.4 is 10.2 Å². The van der Waals surface area contributed by atoms with Gasteiger partial charge in [-0.05, 0) is 37.8 Å². The van der Waals surface area contributed by atoms with Crippen molar-refractivity contribution >= 4 is 27.7 Å². The fourth-order valence-electron chi connectivity index (χ4n) is 3.96. The Balaban J connectivity index is 2.15. The number of aryl methyl sites for hydroxylation is 1. The first-order chi connectivity index (χ1) is 20.2. The highest BCUT2D eigenvalue weighted by Crippen LogP contribution is 2.12. The van der Waals surface area contributed by atoms with Crippen molar-refractivity contribution in [2.45, 2.75) is 51.2 Å². The normalized spacial score (nSPS) is 12.2. The lowest BCUT2D eigenvalue weighted by atomic mass is 10.0. The van der Waals surface area contributed by atoms with Crippen molar-refractivity contribution in [1.29, 1.82) is 0 Å². The molecule has 232 valence electrons. The first-order valence-electron chi connectivity index (χ1n) is 13.7. The summed E-state index contributed by atoms with van der Waals surface area (Å²) in [5.74, 6) is -2.27. The SMILES string of the molecule is CCOC(CN(C(=O)CCOC)C(=O)C(CCc1ccccc1)NC(=O)CONS(=O)(=O)Cc1ccccc1)OCC. The van der Waals surface area contributed by atoms with Crippen molar-refractivity contribution in [3.63, 3.8) is 0 Å². The topological polar surface area (TPSA) is 150 Å². The van der Waals surface area contributed by atoms with Crippen LogP contribution in [0.5, 0.6) is 0 Å². The van der Waals surface area contributed by atoms with E-state index in [0.29, 0.717) is 25.2 Å². The van der Waals surface area contributed by atoms with Gasteiger partial charge in [0.2, 0.25) is 21.8 Å². The van der Waals surface area contributed by atoms with Crippen LogP contribution in [-0.2, 0) is 55.6 Å². The van der Waals surface area contributed by atoms with Crippen LogP contribution >= 0.6 is 0 Å². The van der Waals surface area contributed by atoms with Gasteiger partial charge >= 0.3 is 0 Å². The molecule has 0 fully saturated rings. The van der Waals surface area contributed by atoms with E-state index in [-0.39, 0.29) is 31.7 Å². The van der Waals surface area contributed by atoms with Crippen LogP contribution in [0.15, 0.2) is 60.7 Å². The van der Waals surface area contributed by atoms with E-state index < -0.39 is 46.7 Å². The summed E-state index contributed by atoms with van der Waals surface area (Å²) in [6.07, 6.45) is -0.346. The Labute approximate surface area is 247 Å². The van der Waals surface area contributed by atoms with Crippen LogP contribution in [-0.4, -0.2) is 83.5 Å². The number of nitrogens with zero attached hydrogens (tertiary/aromatic N) is 1. The highest BCUT2D eigenvalue weighted by Gasteiger charge is 2.32. The fourth-order valence-corrected chi connectivity index (χ4v) is 4.89. The average molecular weight is 608 g/mol. The maximum absolute atomic E-state index is 13.8. The Morgan fingerprint density at radius 3 is 2.07 bits per heavy atom. The van der Waals surface area contributed by atoms with Crippen LogP contribution in [0.25, 0.3) is 0 Å². The van der Waals surface area contributed by atoms with Gasteiger partial charge in [-0.3, -0.25) is 24.1 Å². The number of methoxy groups -OCH3 is 1. The van der Waals surface area contributed by atoms with Crippen LogP contribution in [0, 0.1) is 0 Å². The summed E-state index contributed by atoms with van der Waals surface area (Å²) in [7, 11) is -2.45. The van der Waals surface area contributed by atoms with Gasteiger partial charge in [-0.2, -0.15) is 0 Å². The molecule has 0 saturated heterocycles. The summed E-state index contributed by atoms with van der Waals surface area (Å²) in [6.45, 7) is 3.34. The summed E-state index contributed by atoms with van der Waals surface area (Å²) < 4.78 is 40.8. The molecule has 1 unspecified atom stereocenters. The van der Waals surface area contributed by atoms with E-state index in [1.165, 1.54) is 7.11 Å². The molecule has 0 aliphatic rings. The summed E-state index contributed by atoms with van der Waals surface area (Å²) in [5.41, 5.74) is 1.47. The molecule has 1 atom stereocenters. The van der Waals surface area contributed by atoms with E-state index in [2.05, 4.69) is 5.32 Å². The average Bonchev–Trinajstić information content (AvgIpc) is 2.97. The zero-order chi connectivity index (χ0) is 30.8. The van der Waals surface area contributed by atoms with Crippen LogP contribution in [0.3, 0.4) is 0 Å². The van der Waals surface area contributed by atoms with Gasteiger partial charge in [0, 0.05) is 20.3 Å². The molecule has 0 aromatic heterocycles. The largest absolute Gasteiger partial charge is 0.384 e. The number of nitrogens with one attached hydrogen (secondary N) is 2. The number of carbonyl (C=O) groups excluding carboxylic acids is 3. The van der Waals surface area contributed by atoms with Gasteiger partial charge < -0.3 is 19.5 Å². The second kappa shape index (κ2) is 19.1. The van der Waals surface area contributed by atoms with E-state index >= 15 is 0 Å². The highest BCUT2D eigenvalue weighted by molar-refractivity contribution is 7.88. The van der Waals surface area contributed by atoms with E-state index in [1.54, 1.807) is 44.2 Å². The second-order valence-corrected chi connectivity index (χ2v) is 10.9. The molecule has 0 aliphatic carbocycles. The molecule has 2 rings (SSSR count). The van der Waals surface area contributed by atoms with E-state index in [9.17, 15) is 22.8 Å². The smallest absolute Gasteiger partial charge is 0.251 e. The molecule has 0 radical (unpaired) electrons. The van der Waals surface area contributed by atoms with Gasteiger partial charge in [0.15, 0.2) is 6.29 Å². The molecule has 0 heterocycles. The van der Waals surface area contributed by atoms with E-state index in [0.717, 1.165) is 10.5 Å². The second-order valence-electron chi connectivity index (χ2n) is 9.19. The van der Waals surface area contributed by atoms with Gasteiger partial charge in [0.05, 0.1) is 25.3 Å². The number of amides is 3. The third kappa shape index (κ3) is 13.2. The van der Waals surface area contributed by atoms with Crippen molar-refractivity contribution in [2.24, 2.45) is 0 Å². The predicted molar refractivity (Wildman–Crippen MR) is 155 cm³/mol. The quantitative estimate of drug-likeness (QED) is 0.170. The lowest BCUT2D eigenvalue weighted by Gasteiger charge is -2.29. The molecule has 12 nitrogen and oxygen atoms in total. The van der Waals surface area contributed by atoms with E-state index in [4.69, 9.17) is 19.0 Å². The number of benzene rings is 2. The Kier molecular flexibility index (Phi) is 15.9. The molecule has 0 bridgehead atoms. The van der Waals surface area contributed by atoms with Crippen LogP contribution in [0.4, 0.5) is 0 Å². The number of sulfonamides is 1. The fraction of sp³-hybridized carbons (Fsp3) is 0.483. The molecular formula is C29H41N3O9S. The first-order valence-corrected chi connectivity index (χ1v) is 15.4. The minimum Gasteiger partial charge on any atom is -0.384 e. The molecule has 42 heavy (non-hydrogen) atoms. The van der Waals surface area contributed by atoms with Crippen molar-refractivity contribution in [1.82, 2.24) is 15.1 Å². The molecular weight excluding hydrogens is 566 g/mol. The molecule has 2 aromatic carbocycles. The minimum absolute atomic E-state index is 0.0706. The highest BCUT2D eigenvalue weighted by atomic mass is 32.2. The van der Waals surface area contributed by atoms with Crippen molar-refractivity contribution < 1.29 is 41.8 Å².